The van der Waals surface area contributed by atoms with Crippen molar-refractivity contribution in [2.45, 2.75) is 38.3 Å². The molecule has 1 aliphatic rings. The number of nitrogens with zero attached hydrogens (tertiary/aromatic N) is 1. The van der Waals surface area contributed by atoms with Gasteiger partial charge in [-0.3, -0.25) is 9.69 Å². The summed E-state index contributed by atoms with van der Waals surface area (Å²) >= 11 is 0. The quantitative estimate of drug-likeness (QED) is 0.654. The Balaban J connectivity index is 1.47. The normalized spacial score (nSPS) is 17.5. The number of carbonyl (C=O) groups excluding carboxylic acids is 2. The van der Waals surface area contributed by atoms with Gasteiger partial charge in [0.05, 0.1) is 6.54 Å². The summed E-state index contributed by atoms with van der Waals surface area (Å²) in [6.07, 6.45) is 1.22. The number of hydrogen-bond acceptors (Lipinski definition) is 4. The monoisotopic (exact) mass is 382 g/mol. The molecule has 2 aromatic rings. The average Bonchev–Trinajstić information content (AvgIpc) is 2.99. The predicted octanol–water partition coefficient (Wildman–Crippen LogP) is 2.54. The molecule has 0 spiro atoms. The van der Waals surface area contributed by atoms with Crippen LogP contribution in [-0.4, -0.2) is 47.2 Å². The second-order valence-corrected chi connectivity index (χ2v) is 6.94. The maximum absolute atomic E-state index is 12.5. The number of hydrogen-bond donors (Lipinski definition) is 2. The number of carbonyl (C=O) groups is 2. The van der Waals surface area contributed by atoms with Gasteiger partial charge in [-0.15, -0.1) is 0 Å². The Kier molecular flexibility index (Phi) is 6.66. The van der Waals surface area contributed by atoms with E-state index in [1.54, 1.807) is 0 Å². The van der Waals surface area contributed by atoms with Crippen LogP contribution in [0, 0.1) is 0 Å². The fourth-order valence-electron chi connectivity index (χ4n) is 3.18. The zero-order chi connectivity index (χ0) is 19.9. The lowest BCUT2D eigenvalue weighted by molar-refractivity contribution is -0.128. The van der Waals surface area contributed by atoms with Crippen LogP contribution in [0.3, 0.4) is 0 Å². The summed E-state index contributed by atoms with van der Waals surface area (Å²) in [6.45, 7) is 2.00. The van der Waals surface area contributed by atoms with Crippen molar-refractivity contribution in [3.63, 3.8) is 0 Å². The van der Waals surface area contributed by atoms with Crippen molar-refractivity contribution in [2.24, 2.45) is 0 Å². The molecule has 1 aliphatic heterocycles. The molecule has 0 saturated carbocycles. The van der Waals surface area contributed by atoms with E-state index in [-0.39, 0.29) is 19.1 Å². The summed E-state index contributed by atoms with van der Waals surface area (Å²) in [4.78, 5) is 25.7. The Hall–Kier alpha value is -2.86. The number of ether oxygens (including phenoxy) is 1. The van der Waals surface area contributed by atoms with E-state index >= 15 is 0 Å². The van der Waals surface area contributed by atoms with Crippen LogP contribution < -0.4 is 10.1 Å². The van der Waals surface area contributed by atoms with Gasteiger partial charge in [0.1, 0.15) is 24.5 Å². The van der Waals surface area contributed by atoms with Crippen LogP contribution in [0.15, 0.2) is 54.6 Å². The van der Waals surface area contributed by atoms with Gasteiger partial charge in [-0.2, -0.15) is 0 Å². The lowest BCUT2D eigenvalue weighted by atomic mass is 10.1. The third-order valence-corrected chi connectivity index (χ3v) is 4.84. The first kappa shape index (κ1) is 19.9. The first-order chi connectivity index (χ1) is 13.6. The van der Waals surface area contributed by atoms with Crippen molar-refractivity contribution in [2.75, 3.05) is 13.2 Å². The topological polar surface area (TPSA) is 78.9 Å². The molecule has 1 heterocycles. The molecule has 2 aromatic carbocycles. The number of imide groups is 1. The summed E-state index contributed by atoms with van der Waals surface area (Å²) in [5, 5.41) is 12.9. The number of urea groups is 1. The van der Waals surface area contributed by atoms with Gasteiger partial charge in [0.25, 0.3) is 5.91 Å². The number of β-amino-alcohol motifs (C(OH)–C–C–N with tert-alkyl or cyclic N) is 1. The Morgan fingerprint density at radius 3 is 2.46 bits per heavy atom. The van der Waals surface area contributed by atoms with E-state index in [0.717, 1.165) is 16.9 Å². The Morgan fingerprint density at radius 1 is 1.07 bits per heavy atom. The van der Waals surface area contributed by atoms with Gasteiger partial charge in [0, 0.05) is 0 Å². The van der Waals surface area contributed by atoms with Crippen LogP contribution in [0.4, 0.5) is 4.79 Å². The van der Waals surface area contributed by atoms with Gasteiger partial charge >= 0.3 is 6.03 Å². The van der Waals surface area contributed by atoms with E-state index in [1.807, 2.05) is 54.6 Å². The van der Waals surface area contributed by atoms with Crippen LogP contribution in [0.1, 0.15) is 24.5 Å². The number of benzene rings is 2. The number of rotatable bonds is 9. The molecule has 28 heavy (non-hydrogen) atoms. The second kappa shape index (κ2) is 9.37. The van der Waals surface area contributed by atoms with Gasteiger partial charge in [0.2, 0.25) is 0 Å². The highest BCUT2D eigenvalue weighted by molar-refractivity contribution is 6.04. The molecular formula is C22H26N2O4. The number of amides is 3. The smallest absolute Gasteiger partial charge is 0.324 e. The fraction of sp³-hybridized carbons (Fsp3) is 0.364. The summed E-state index contributed by atoms with van der Waals surface area (Å²) in [7, 11) is 0. The predicted molar refractivity (Wildman–Crippen MR) is 106 cm³/mol. The van der Waals surface area contributed by atoms with Crippen molar-refractivity contribution in [3.05, 3.63) is 65.7 Å². The Labute approximate surface area is 165 Å². The summed E-state index contributed by atoms with van der Waals surface area (Å²) in [6, 6.07) is 16.4. The summed E-state index contributed by atoms with van der Waals surface area (Å²) in [5.74, 6) is 0.349. The van der Waals surface area contributed by atoms with Gasteiger partial charge in [-0.05, 0) is 42.5 Å². The number of nitrogens with one attached hydrogen (secondary N) is 1. The van der Waals surface area contributed by atoms with Crippen molar-refractivity contribution >= 4 is 11.9 Å². The minimum Gasteiger partial charge on any atom is -0.491 e. The van der Waals surface area contributed by atoms with Gasteiger partial charge in [-0.25, -0.2) is 4.79 Å². The molecule has 3 rings (SSSR count). The van der Waals surface area contributed by atoms with Gasteiger partial charge in [0.15, 0.2) is 0 Å². The number of aliphatic hydroxyl groups excluding tert-OH is 1. The SMILES string of the molecule is CCc1ccc(OCC(O)CN2C(=O)NC(CCc3ccccc3)C2=O)cc1. The second-order valence-electron chi connectivity index (χ2n) is 6.94. The molecule has 1 fully saturated rings. The molecule has 0 aromatic heterocycles. The Morgan fingerprint density at radius 2 is 1.79 bits per heavy atom. The van der Waals surface area contributed by atoms with Crippen molar-refractivity contribution < 1.29 is 19.4 Å². The zero-order valence-corrected chi connectivity index (χ0v) is 16.0. The van der Waals surface area contributed by atoms with E-state index in [0.29, 0.717) is 18.6 Å². The molecule has 148 valence electrons. The molecule has 1 saturated heterocycles. The van der Waals surface area contributed by atoms with Gasteiger partial charge in [-0.1, -0.05) is 49.4 Å². The molecule has 2 unspecified atom stereocenters. The summed E-state index contributed by atoms with van der Waals surface area (Å²) in [5.41, 5.74) is 2.32. The van der Waals surface area contributed by atoms with E-state index in [4.69, 9.17) is 4.74 Å². The van der Waals surface area contributed by atoms with Crippen LogP contribution in [0.25, 0.3) is 0 Å². The van der Waals surface area contributed by atoms with Crippen LogP contribution in [0.2, 0.25) is 0 Å². The first-order valence-electron chi connectivity index (χ1n) is 9.62. The van der Waals surface area contributed by atoms with Crippen molar-refractivity contribution in [3.8, 4) is 5.75 Å². The third-order valence-electron chi connectivity index (χ3n) is 4.84. The maximum Gasteiger partial charge on any atom is 0.324 e. The van der Waals surface area contributed by atoms with E-state index in [2.05, 4.69) is 12.2 Å². The molecule has 2 atom stereocenters. The zero-order valence-electron chi connectivity index (χ0n) is 16.0. The first-order valence-corrected chi connectivity index (χ1v) is 9.62. The van der Waals surface area contributed by atoms with Crippen molar-refractivity contribution in [1.82, 2.24) is 10.2 Å². The van der Waals surface area contributed by atoms with Crippen LogP contribution in [0.5, 0.6) is 5.75 Å². The molecule has 0 radical (unpaired) electrons. The highest BCUT2D eigenvalue weighted by Gasteiger charge is 2.38. The average molecular weight is 382 g/mol. The number of aryl methyl sites for hydroxylation is 2. The minimum atomic E-state index is -0.951. The molecule has 6 heteroatoms. The largest absolute Gasteiger partial charge is 0.491 e. The van der Waals surface area contributed by atoms with E-state index < -0.39 is 18.2 Å². The molecule has 2 N–H and O–H groups in total. The standard InChI is InChI=1S/C22H26N2O4/c1-2-16-8-11-19(12-9-16)28-15-18(25)14-24-21(26)20(23-22(24)27)13-10-17-6-4-3-5-7-17/h3-9,11-12,18,20,25H,2,10,13-15H2,1H3,(H,23,27). The van der Waals surface area contributed by atoms with Crippen LogP contribution >= 0.6 is 0 Å². The summed E-state index contributed by atoms with van der Waals surface area (Å²) < 4.78 is 5.56. The molecule has 6 nitrogen and oxygen atoms in total. The highest BCUT2D eigenvalue weighted by atomic mass is 16.5. The van der Waals surface area contributed by atoms with Gasteiger partial charge < -0.3 is 15.2 Å². The molecule has 0 bridgehead atoms. The maximum atomic E-state index is 12.5. The minimum absolute atomic E-state index is 0.0111. The molecule has 0 aliphatic carbocycles. The Bertz CT molecular complexity index is 792. The third kappa shape index (κ3) is 5.10. The molecular weight excluding hydrogens is 356 g/mol. The van der Waals surface area contributed by atoms with Crippen LogP contribution in [-0.2, 0) is 17.6 Å². The number of aliphatic hydroxyl groups is 1. The lowest BCUT2D eigenvalue weighted by Crippen LogP contribution is -2.40. The highest BCUT2D eigenvalue weighted by Crippen LogP contribution is 2.15. The van der Waals surface area contributed by atoms with E-state index in [1.165, 1.54) is 5.56 Å². The van der Waals surface area contributed by atoms with E-state index in [9.17, 15) is 14.7 Å². The fourth-order valence-corrected chi connectivity index (χ4v) is 3.18. The lowest BCUT2D eigenvalue weighted by Gasteiger charge is -2.18. The molecule has 3 amide bonds. The van der Waals surface area contributed by atoms with Crippen molar-refractivity contribution in [1.29, 1.82) is 0 Å².